The number of anilines is 1. The van der Waals surface area contributed by atoms with Gasteiger partial charge in [0.25, 0.3) is 0 Å². The quantitative estimate of drug-likeness (QED) is 0.404. The van der Waals surface area contributed by atoms with Crippen LogP contribution in [-0.4, -0.2) is 24.6 Å². The number of H-pyrrole nitrogens is 1. The first kappa shape index (κ1) is 10.5. The first-order valence-electron chi connectivity index (χ1n) is 3.15. The highest BCUT2D eigenvalue weighted by molar-refractivity contribution is 7.92. The molecule has 0 saturated heterocycles. The molecule has 0 aliphatic rings. The number of hydrogen-bond donors (Lipinski definition) is 3. The fraction of sp³-hybridized carbons (Fsp3) is 0.200. The fourth-order valence-electron chi connectivity index (χ4n) is 0.669. The molecular formula is C5H7N3O2S3. The summed E-state index contributed by atoms with van der Waals surface area (Å²) in [5, 5.41) is 0.356. The van der Waals surface area contributed by atoms with Gasteiger partial charge in [-0.15, -0.1) is 12.6 Å². The van der Waals surface area contributed by atoms with Crippen molar-refractivity contribution in [3.05, 3.63) is 10.7 Å². The number of hydrogen-bond acceptors (Lipinski definition) is 5. The van der Waals surface area contributed by atoms with Crippen molar-refractivity contribution < 1.29 is 8.42 Å². The molecule has 0 fully saturated rings. The van der Waals surface area contributed by atoms with Crippen molar-refractivity contribution in [3.8, 4) is 0 Å². The Morgan fingerprint density at radius 3 is 2.77 bits per heavy atom. The minimum Gasteiger partial charge on any atom is -0.316 e. The van der Waals surface area contributed by atoms with E-state index < -0.39 is 10.0 Å². The summed E-state index contributed by atoms with van der Waals surface area (Å²) >= 11 is 8.74. The first-order valence-corrected chi connectivity index (χ1v) is 5.89. The van der Waals surface area contributed by atoms with Crippen LogP contribution in [0.1, 0.15) is 0 Å². The van der Waals surface area contributed by atoms with Crippen molar-refractivity contribution in [3.63, 3.8) is 0 Å². The van der Waals surface area contributed by atoms with Crippen LogP contribution in [0, 0.1) is 4.64 Å². The molecule has 0 aliphatic carbocycles. The summed E-state index contributed by atoms with van der Waals surface area (Å²) in [6.07, 6.45) is 1.02. The zero-order chi connectivity index (χ0) is 10.1. The van der Waals surface area contributed by atoms with Crippen LogP contribution in [0.3, 0.4) is 0 Å². The van der Waals surface area contributed by atoms with Crippen LogP contribution in [0.4, 0.5) is 5.95 Å². The molecule has 1 heterocycles. The smallest absolute Gasteiger partial charge is 0.232 e. The maximum Gasteiger partial charge on any atom is 0.232 e. The van der Waals surface area contributed by atoms with E-state index in [1.165, 1.54) is 6.07 Å². The number of nitrogens with zero attached hydrogens (tertiary/aromatic N) is 1. The maximum absolute atomic E-state index is 10.8. The van der Waals surface area contributed by atoms with E-state index in [2.05, 4.69) is 27.3 Å². The largest absolute Gasteiger partial charge is 0.316 e. The Balaban J connectivity index is 3.10. The number of sulfonamides is 1. The molecule has 0 atom stereocenters. The van der Waals surface area contributed by atoms with Crippen molar-refractivity contribution in [2.24, 2.45) is 0 Å². The van der Waals surface area contributed by atoms with Crippen LogP contribution in [0.15, 0.2) is 11.1 Å². The van der Waals surface area contributed by atoms with Crippen LogP contribution in [-0.2, 0) is 10.0 Å². The second-order valence-electron chi connectivity index (χ2n) is 2.33. The Kier molecular flexibility index (Phi) is 2.94. The molecule has 0 aliphatic heterocycles. The first-order chi connectivity index (χ1) is 5.87. The van der Waals surface area contributed by atoms with E-state index in [0.29, 0.717) is 9.67 Å². The lowest BCUT2D eigenvalue weighted by Gasteiger charge is -2.02. The highest BCUT2D eigenvalue weighted by atomic mass is 32.2. The molecule has 8 heteroatoms. The van der Waals surface area contributed by atoms with Crippen LogP contribution in [0.25, 0.3) is 0 Å². The molecule has 1 rings (SSSR count). The second kappa shape index (κ2) is 3.64. The molecule has 0 saturated carbocycles. The summed E-state index contributed by atoms with van der Waals surface area (Å²) in [7, 11) is -3.33. The summed E-state index contributed by atoms with van der Waals surface area (Å²) in [5.41, 5.74) is 0. The van der Waals surface area contributed by atoms with Gasteiger partial charge in [-0.1, -0.05) is 12.2 Å². The third-order valence-corrected chi connectivity index (χ3v) is 2.02. The third kappa shape index (κ3) is 3.75. The highest BCUT2D eigenvalue weighted by Gasteiger charge is 2.03. The van der Waals surface area contributed by atoms with Gasteiger partial charge in [-0.25, -0.2) is 13.4 Å². The Labute approximate surface area is 86.1 Å². The van der Waals surface area contributed by atoms with Gasteiger partial charge in [-0.2, -0.15) is 0 Å². The van der Waals surface area contributed by atoms with Gasteiger partial charge in [0.1, 0.15) is 4.64 Å². The molecule has 0 radical (unpaired) electrons. The van der Waals surface area contributed by atoms with Gasteiger partial charge in [0.05, 0.1) is 11.3 Å². The fourth-order valence-corrected chi connectivity index (χ4v) is 1.64. The van der Waals surface area contributed by atoms with Gasteiger partial charge < -0.3 is 4.98 Å². The number of thiol groups is 1. The van der Waals surface area contributed by atoms with Gasteiger partial charge in [-0.3, -0.25) is 4.72 Å². The number of nitrogens with one attached hydrogen (secondary N) is 2. The lowest BCUT2D eigenvalue weighted by molar-refractivity contribution is 0.606. The van der Waals surface area contributed by atoms with Crippen LogP contribution in [0.5, 0.6) is 0 Å². The van der Waals surface area contributed by atoms with Gasteiger partial charge in [-0.05, 0) is 0 Å². The third-order valence-electron chi connectivity index (χ3n) is 1.01. The Hall–Kier alpha value is -0.600. The number of aromatic amines is 1. The SMILES string of the molecule is CS(=O)(=O)Nc1nc(S)cc(=S)[nH]1. The van der Waals surface area contributed by atoms with Gasteiger partial charge in [0.2, 0.25) is 16.0 Å². The Morgan fingerprint density at radius 1 is 1.69 bits per heavy atom. The van der Waals surface area contributed by atoms with Crippen molar-refractivity contribution in [1.29, 1.82) is 0 Å². The number of aromatic nitrogens is 2. The van der Waals surface area contributed by atoms with E-state index >= 15 is 0 Å². The standard InChI is InChI=1S/C5H7N3O2S3/c1-13(9,10)8-5-6-3(11)2-4(12)7-5/h2H,1H3,(H3,6,7,8,11,12). The molecule has 2 N–H and O–H groups in total. The predicted molar refractivity (Wildman–Crippen MR) is 55.1 cm³/mol. The average Bonchev–Trinajstić information content (AvgIpc) is 1.78. The molecule has 0 amide bonds. The molecule has 0 bridgehead atoms. The Morgan fingerprint density at radius 2 is 2.31 bits per heavy atom. The van der Waals surface area contributed by atoms with Gasteiger partial charge in [0.15, 0.2) is 0 Å². The van der Waals surface area contributed by atoms with E-state index in [4.69, 9.17) is 12.2 Å². The summed E-state index contributed by atoms with van der Waals surface area (Å²) in [5.74, 6) is 0.0694. The molecule has 1 aromatic rings. The summed E-state index contributed by atoms with van der Waals surface area (Å²) < 4.78 is 24.1. The molecular weight excluding hydrogens is 230 g/mol. The second-order valence-corrected chi connectivity index (χ2v) is 4.97. The summed E-state index contributed by atoms with van der Waals surface area (Å²) in [6, 6.07) is 1.51. The van der Waals surface area contributed by atoms with Gasteiger partial charge in [0, 0.05) is 6.07 Å². The van der Waals surface area contributed by atoms with E-state index in [0.717, 1.165) is 6.26 Å². The molecule has 13 heavy (non-hydrogen) atoms. The monoisotopic (exact) mass is 237 g/mol. The molecule has 0 aromatic carbocycles. The topological polar surface area (TPSA) is 74.8 Å². The molecule has 0 spiro atoms. The van der Waals surface area contributed by atoms with Crippen LogP contribution >= 0.6 is 24.8 Å². The van der Waals surface area contributed by atoms with Crippen molar-refractivity contribution in [1.82, 2.24) is 9.97 Å². The van der Waals surface area contributed by atoms with Crippen LogP contribution < -0.4 is 4.72 Å². The van der Waals surface area contributed by atoms with E-state index in [9.17, 15) is 8.42 Å². The minimum absolute atomic E-state index is 0.0694. The van der Waals surface area contributed by atoms with E-state index in [-0.39, 0.29) is 5.95 Å². The van der Waals surface area contributed by atoms with E-state index in [1.807, 2.05) is 0 Å². The minimum atomic E-state index is -3.33. The summed E-state index contributed by atoms with van der Waals surface area (Å²) in [4.78, 5) is 6.34. The van der Waals surface area contributed by atoms with Crippen molar-refractivity contribution in [2.75, 3.05) is 11.0 Å². The van der Waals surface area contributed by atoms with Crippen molar-refractivity contribution >= 4 is 40.8 Å². The van der Waals surface area contributed by atoms with Crippen LogP contribution in [0.2, 0.25) is 0 Å². The average molecular weight is 237 g/mol. The molecule has 0 unspecified atom stereocenters. The maximum atomic E-state index is 10.8. The Bertz CT molecular complexity index is 464. The van der Waals surface area contributed by atoms with Crippen molar-refractivity contribution in [2.45, 2.75) is 5.03 Å². The molecule has 1 aromatic heterocycles. The normalized spacial score (nSPS) is 11.2. The number of rotatable bonds is 2. The van der Waals surface area contributed by atoms with E-state index in [1.54, 1.807) is 0 Å². The zero-order valence-corrected chi connectivity index (χ0v) is 9.13. The summed E-state index contributed by atoms with van der Waals surface area (Å²) in [6.45, 7) is 0. The van der Waals surface area contributed by atoms with Gasteiger partial charge >= 0.3 is 0 Å². The lowest BCUT2D eigenvalue weighted by atomic mass is 10.7. The highest BCUT2D eigenvalue weighted by Crippen LogP contribution is 2.06. The molecule has 72 valence electrons. The molecule has 5 nitrogen and oxygen atoms in total. The lowest BCUT2D eigenvalue weighted by Crippen LogP contribution is -2.12. The predicted octanol–water partition coefficient (Wildman–Crippen LogP) is 0.799. The zero-order valence-electron chi connectivity index (χ0n) is 6.60.